The number of benzene rings is 2. The molecule has 88 valence electrons. The maximum atomic E-state index is 6.39. The van der Waals surface area contributed by atoms with Crippen LogP contribution in [0.25, 0.3) is 0 Å². The Morgan fingerprint density at radius 3 is 2.00 bits per heavy atom. The zero-order chi connectivity index (χ0) is 12.1. The van der Waals surface area contributed by atoms with Crippen LogP contribution in [0.3, 0.4) is 0 Å². The van der Waals surface area contributed by atoms with Gasteiger partial charge in [0.05, 0.1) is 0 Å². The van der Waals surface area contributed by atoms with Gasteiger partial charge in [-0.2, -0.15) is 0 Å². The van der Waals surface area contributed by atoms with Gasteiger partial charge in [-0.25, -0.2) is 0 Å². The molecule has 2 aromatic carbocycles. The lowest BCUT2D eigenvalue weighted by molar-refractivity contribution is 0.453. The van der Waals surface area contributed by atoms with Gasteiger partial charge in [0.2, 0.25) is 0 Å². The van der Waals surface area contributed by atoms with E-state index in [4.69, 9.17) is 5.73 Å². The summed E-state index contributed by atoms with van der Waals surface area (Å²) >= 11 is 0. The van der Waals surface area contributed by atoms with Crippen LogP contribution in [0.15, 0.2) is 60.7 Å². The number of hydrogen-bond acceptors (Lipinski definition) is 1. The molecular weight excluding hydrogens is 206 g/mol. The first kappa shape index (κ1) is 11.9. The van der Waals surface area contributed by atoms with Gasteiger partial charge in [0.15, 0.2) is 0 Å². The Balaban J connectivity index is 2.03. The molecule has 0 saturated carbocycles. The third-order valence-corrected chi connectivity index (χ3v) is 3.21. The molecule has 2 aromatic rings. The molecule has 0 radical (unpaired) electrons. The standard InChI is InChI=1S/C16H19N/c1-16(17,15-10-6-3-7-11-15)13-12-14-8-4-2-5-9-14/h2-11H,12-13,17H2,1H3. The van der Waals surface area contributed by atoms with Crippen LogP contribution in [0.2, 0.25) is 0 Å². The third-order valence-electron chi connectivity index (χ3n) is 3.21. The summed E-state index contributed by atoms with van der Waals surface area (Å²) in [7, 11) is 0. The maximum absolute atomic E-state index is 6.39. The van der Waals surface area contributed by atoms with Crippen molar-refractivity contribution in [2.45, 2.75) is 25.3 Å². The summed E-state index contributed by atoms with van der Waals surface area (Å²) in [6.07, 6.45) is 1.98. The monoisotopic (exact) mass is 225 g/mol. The molecule has 2 N–H and O–H groups in total. The number of hydrogen-bond donors (Lipinski definition) is 1. The minimum Gasteiger partial charge on any atom is -0.322 e. The molecule has 0 aromatic heterocycles. The Hall–Kier alpha value is -1.60. The van der Waals surface area contributed by atoms with Crippen molar-refractivity contribution in [1.29, 1.82) is 0 Å². The lowest BCUT2D eigenvalue weighted by atomic mass is 9.87. The second kappa shape index (κ2) is 5.15. The molecule has 1 nitrogen and oxygen atoms in total. The van der Waals surface area contributed by atoms with E-state index in [2.05, 4.69) is 43.3 Å². The molecule has 0 aliphatic carbocycles. The second-order valence-corrected chi connectivity index (χ2v) is 4.77. The van der Waals surface area contributed by atoms with Crippen LogP contribution < -0.4 is 5.73 Å². The molecule has 17 heavy (non-hydrogen) atoms. The summed E-state index contributed by atoms with van der Waals surface area (Å²) < 4.78 is 0. The van der Waals surface area contributed by atoms with E-state index in [0.29, 0.717) is 0 Å². The van der Waals surface area contributed by atoms with Crippen LogP contribution in [-0.2, 0) is 12.0 Å². The van der Waals surface area contributed by atoms with Crippen molar-refractivity contribution in [2.24, 2.45) is 5.73 Å². The van der Waals surface area contributed by atoms with Crippen molar-refractivity contribution < 1.29 is 0 Å². The SMILES string of the molecule is CC(N)(CCc1ccccc1)c1ccccc1. The van der Waals surface area contributed by atoms with Crippen LogP contribution in [0.5, 0.6) is 0 Å². The first-order chi connectivity index (χ1) is 8.18. The van der Waals surface area contributed by atoms with Crippen LogP contribution in [-0.4, -0.2) is 0 Å². The zero-order valence-corrected chi connectivity index (χ0v) is 10.3. The predicted octanol–water partition coefficient (Wildman–Crippen LogP) is 3.49. The molecule has 0 bridgehead atoms. The topological polar surface area (TPSA) is 26.0 Å². The zero-order valence-electron chi connectivity index (χ0n) is 10.3. The molecule has 0 fully saturated rings. The van der Waals surface area contributed by atoms with Crippen LogP contribution in [0, 0.1) is 0 Å². The molecule has 0 heterocycles. The summed E-state index contributed by atoms with van der Waals surface area (Å²) in [6.45, 7) is 2.10. The normalized spacial score (nSPS) is 14.2. The fraction of sp³-hybridized carbons (Fsp3) is 0.250. The third kappa shape index (κ3) is 3.18. The van der Waals surface area contributed by atoms with Crippen molar-refractivity contribution in [3.8, 4) is 0 Å². The van der Waals surface area contributed by atoms with E-state index in [1.807, 2.05) is 24.3 Å². The maximum Gasteiger partial charge on any atom is 0.0384 e. The molecule has 0 spiro atoms. The molecule has 2 rings (SSSR count). The summed E-state index contributed by atoms with van der Waals surface area (Å²) in [6, 6.07) is 20.8. The van der Waals surface area contributed by atoms with Gasteiger partial charge in [0.1, 0.15) is 0 Å². The molecule has 1 heteroatoms. The van der Waals surface area contributed by atoms with E-state index in [1.54, 1.807) is 0 Å². The van der Waals surface area contributed by atoms with Crippen molar-refractivity contribution in [2.75, 3.05) is 0 Å². The smallest absolute Gasteiger partial charge is 0.0384 e. The first-order valence-electron chi connectivity index (χ1n) is 6.07. The average Bonchev–Trinajstić information content (AvgIpc) is 2.39. The lowest BCUT2D eigenvalue weighted by Crippen LogP contribution is -2.33. The number of rotatable bonds is 4. The summed E-state index contributed by atoms with van der Waals surface area (Å²) in [5, 5.41) is 0. The fourth-order valence-corrected chi connectivity index (χ4v) is 2.01. The van der Waals surface area contributed by atoms with E-state index in [1.165, 1.54) is 11.1 Å². The van der Waals surface area contributed by atoms with Gasteiger partial charge in [0, 0.05) is 5.54 Å². The van der Waals surface area contributed by atoms with Gasteiger partial charge in [-0.3, -0.25) is 0 Å². The van der Waals surface area contributed by atoms with E-state index >= 15 is 0 Å². The average molecular weight is 225 g/mol. The Morgan fingerprint density at radius 2 is 1.41 bits per heavy atom. The lowest BCUT2D eigenvalue weighted by Gasteiger charge is -2.25. The minimum atomic E-state index is -0.253. The molecule has 0 amide bonds. The summed E-state index contributed by atoms with van der Waals surface area (Å²) in [5.41, 5.74) is 8.68. The van der Waals surface area contributed by atoms with Gasteiger partial charge in [-0.15, -0.1) is 0 Å². The minimum absolute atomic E-state index is 0.253. The highest BCUT2D eigenvalue weighted by molar-refractivity contribution is 5.24. The van der Waals surface area contributed by atoms with Crippen molar-refractivity contribution in [3.63, 3.8) is 0 Å². The van der Waals surface area contributed by atoms with Gasteiger partial charge in [-0.1, -0.05) is 60.7 Å². The van der Waals surface area contributed by atoms with Gasteiger partial charge >= 0.3 is 0 Å². The Kier molecular flexibility index (Phi) is 3.60. The number of nitrogens with two attached hydrogens (primary N) is 1. The number of aryl methyl sites for hydroxylation is 1. The van der Waals surface area contributed by atoms with Crippen molar-refractivity contribution in [3.05, 3.63) is 71.8 Å². The van der Waals surface area contributed by atoms with E-state index in [0.717, 1.165) is 12.8 Å². The largest absolute Gasteiger partial charge is 0.322 e. The van der Waals surface area contributed by atoms with Crippen LogP contribution >= 0.6 is 0 Å². The second-order valence-electron chi connectivity index (χ2n) is 4.77. The highest BCUT2D eigenvalue weighted by atomic mass is 14.7. The van der Waals surface area contributed by atoms with Gasteiger partial charge in [-0.05, 0) is 30.9 Å². The Bertz CT molecular complexity index is 445. The summed E-state index contributed by atoms with van der Waals surface area (Å²) in [5.74, 6) is 0. The molecular formula is C16H19N. The van der Waals surface area contributed by atoms with Crippen molar-refractivity contribution >= 4 is 0 Å². The highest BCUT2D eigenvalue weighted by Gasteiger charge is 2.20. The Labute approximate surface area is 103 Å². The molecule has 0 saturated heterocycles. The predicted molar refractivity (Wildman–Crippen MR) is 72.7 cm³/mol. The molecule has 0 aliphatic heterocycles. The molecule has 1 atom stereocenters. The summed E-state index contributed by atoms with van der Waals surface area (Å²) in [4.78, 5) is 0. The van der Waals surface area contributed by atoms with Crippen molar-refractivity contribution in [1.82, 2.24) is 0 Å². The van der Waals surface area contributed by atoms with Gasteiger partial charge < -0.3 is 5.73 Å². The fourth-order valence-electron chi connectivity index (χ4n) is 2.01. The quantitative estimate of drug-likeness (QED) is 0.846. The van der Waals surface area contributed by atoms with Crippen LogP contribution in [0.4, 0.5) is 0 Å². The van der Waals surface area contributed by atoms with Gasteiger partial charge in [0.25, 0.3) is 0 Å². The van der Waals surface area contributed by atoms with E-state index < -0.39 is 0 Å². The Morgan fingerprint density at radius 1 is 0.882 bits per heavy atom. The van der Waals surface area contributed by atoms with Crippen LogP contribution in [0.1, 0.15) is 24.5 Å². The molecule has 0 aliphatic rings. The molecule has 1 unspecified atom stereocenters. The van der Waals surface area contributed by atoms with E-state index in [9.17, 15) is 0 Å². The first-order valence-corrected chi connectivity index (χ1v) is 6.07. The highest BCUT2D eigenvalue weighted by Crippen LogP contribution is 2.23. The van der Waals surface area contributed by atoms with E-state index in [-0.39, 0.29) is 5.54 Å².